The fraction of sp³-hybridized carbons (Fsp3) is 0.222. The van der Waals surface area contributed by atoms with Crippen molar-refractivity contribution in [2.45, 2.75) is 0 Å². The van der Waals surface area contributed by atoms with Crippen molar-refractivity contribution in [3.63, 3.8) is 0 Å². The zero-order valence-corrected chi connectivity index (χ0v) is 7.57. The second kappa shape index (κ2) is 3.46. The summed E-state index contributed by atoms with van der Waals surface area (Å²) >= 11 is 1.39. The van der Waals surface area contributed by atoms with E-state index < -0.39 is 11.6 Å². The molecule has 68 valence electrons. The molecule has 0 atom stereocenters. The van der Waals surface area contributed by atoms with Crippen molar-refractivity contribution in [2.75, 3.05) is 12.3 Å². The van der Waals surface area contributed by atoms with Crippen molar-refractivity contribution >= 4 is 16.8 Å². The number of aliphatic imine (C=N–C) groups is 1. The maximum absolute atomic E-state index is 13.2. The van der Waals surface area contributed by atoms with Crippen molar-refractivity contribution < 1.29 is 8.78 Å². The fourth-order valence-corrected chi connectivity index (χ4v) is 2.09. The number of nitrogens with zero attached hydrogens (tertiary/aromatic N) is 1. The van der Waals surface area contributed by atoms with Gasteiger partial charge in [-0.1, -0.05) is 6.07 Å². The molecule has 0 amide bonds. The summed E-state index contributed by atoms with van der Waals surface area (Å²) in [5, 5.41) is 0.482. The van der Waals surface area contributed by atoms with E-state index in [0.29, 0.717) is 11.6 Å². The van der Waals surface area contributed by atoms with Crippen LogP contribution < -0.4 is 0 Å². The molecular formula is C9H7F2NS. The first-order valence-electron chi connectivity index (χ1n) is 3.90. The van der Waals surface area contributed by atoms with E-state index in [0.717, 1.165) is 5.75 Å². The standard InChI is InChI=1S/C9H7F2NS/c10-6-2-1-3-7(11)8(6)9-12-4-5-13-9/h1-3H,4-5H2. The van der Waals surface area contributed by atoms with Gasteiger partial charge in [-0.2, -0.15) is 0 Å². The van der Waals surface area contributed by atoms with Gasteiger partial charge in [-0.05, 0) is 12.1 Å². The van der Waals surface area contributed by atoms with E-state index in [1.54, 1.807) is 0 Å². The molecule has 0 bridgehead atoms. The van der Waals surface area contributed by atoms with Gasteiger partial charge < -0.3 is 0 Å². The highest BCUT2D eigenvalue weighted by Crippen LogP contribution is 2.23. The van der Waals surface area contributed by atoms with Gasteiger partial charge in [-0.15, -0.1) is 11.8 Å². The Kier molecular flexibility index (Phi) is 2.31. The molecule has 1 aliphatic heterocycles. The average molecular weight is 199 g/mol. The zero-order chi connectivity index (χ0) is 9.26. The van der Waals surface area contributed by atoms with E-state index in [-0.39, 0.29) is 5.56 Å². The Morgan fingerprint density at radius 1 is 1.23 bits per heavy atom. The van der Waals surface area contributed by atoms with Gasteiger partial charge in [-0.25, -0.2) is 8.78 Å². The van der Waals surface area contributed by atoms with Crippen LogP contribution in [0.1, 0.15) is 5.56 Å². The molecule has 2 rings (SSSR count). The Balaban J connectivity index is 2.49. The highest BCUT2D eigenvalue weighted by molar-refractivity contribution is 8.14. The zero-order valence-electron chi connectivity index (χ0n) is 6.76. The minimum absolute atomic E-state index is 0.0185. The Morgan fingerprint density at radius 2 is 1.92 bits per heavy atom. The molecule has 0 unspecified atom stereocenters. The van der Waals surface area contributed by atoms with Crippen LogP contribution >= 0.6 is 11.8 Å². The summed E-state index contributed by atoms with van der Waals surface area (Å²) in [6, 6.07) is 3.86. The molecule has 0 fully saturated rings. The highest BCUT2D eigenvalue weighted by Gasteiger charge is 2.17. The first-order valence-corrected chi connectivity index (χ1v) is 4.89. The lowest BCUT2D eigenvalue weighted by Crippen LogP contribution is -2.00. The van der Waals surface area contributed by atoms with Gasteiger partial charge >= 0.3 is 0 Å². The smallest absolute Gasteiger partial charge is 0.136 e. The maximum atomic E-state index is 13.2. The van der Waals surface area contributed by atoms with Crippen LogP contribution in [0, 0.1) is 11.6 Å². The summed E-state index contributed by atoms with van der Waals surface area (Å²) in [5.41, 5.74) is 0.0185. The monoisotopic (exact) mass is 199 g/mol. The molecule has 0 aromatic heterocycles. The minimum atomic E-state index is -0.534. The van der Waals surface area contributed by atoms with Crippen molar-refractivity contribution in [2.24, 2.45) is 4.99 Å². The van der Waals surface area contributed by atoms with Crippen molar-refractivity contribution in [1.29, 1.82) is 0 Å². The third-order valence-corrected chi connectivity index (χ3v) is 2.76. The van der Waals surface area contributed by atoms with E-state index in [1.165, 1.54) is 30.0 Å². The molecule has 1 aromatic rings. The first-order chi connectivity index (χ1) is 6.29. The molecule has 0 saturated carbocycles. The number of thioether (sulfide) groups is 1. The molecule has 4 heteroatoms. The predicted octanol–water partition coefficient (Wildman–Crippen LogP) is 2.46. The molecule has 1 aromatic carbocycles. The summed E-state index contributed by atoms with van der Waals surface area (Å²) in [4.78, 5) is 4.03. The quantitative estimate of drug-likeness (QED) is 0.676. The summed E-state index contributed by atoms with van der Waals surface area (Å²) in [5.74, 6) is -0.260. The number of hydrogen-bond donors (Lipinski definition) is 0. The highest BCUT2D eigenvalue weighted by atomic mass is 32.2. The van der Waals surface area contributed by atoms with Crippen molar-refractivity contribution in [3.8, 4) is 0 Å². The minimum Gasteiger partial charge on any atom is -0.277 e. The van der Waals surface area contributed by atoms with E-state index >= 15 is 0 Å². The molecule has 13 heavy (non-hydrogen) atoms. The Hall–Kier alpha value is -0.900. The summed E-state index contributed by atoms with van der Waals surface area (Å²) < 4.78 is 26.3. The summed E-state index contributed by atoms with van der Waals surface area (Å²) in [6.07, 6.45) is 0. The Bertz CT molecular complexity index is 342. The van der Waals surface area contributed by atoms with E-state index in [2.05, 4.69) is 4.99 Å². The van der Waals surface area contributed by atoms with Crippen LogP contribution in [0.5, 0.6) is 0 Å². The van der Waals surface area contributed by atoms with E-state index in [4.69, 9.17) is 0 Å². The molecule has 1 heterocycles. The van der Waals surface area contributed by atoms with Gasteiger partial charge in [-0.3, -0.25) is 4.99 Å². The average Bonchev–Trinajstić information content (AvgIpc) is 2.57. The Morgan fingerprint density at radius 3 is 2.46 bits per heavy atom. The first kappa shape index (κ1) is 8.69. The van der Waals surface area contributed by atoms with Crippen LogP contribution in [-0.2, 0) is 0 Å². The fourth-order valence-electron chi connectivity index (χ4n) is 1.19. The van der Waals surface area contributed by atoms with Gasteiger partial charge in [0.1, 0.15) is 16.7 Å². The topological polar surface area (TPSA) is 12.4 Å². The number of rotatable bonds is 1. The largest absolute Gasteiger partial charge is 0.277 e. The molecule has 0 radical (unpaired) electrons. The molecule has 0 aliphatic carbocycles. The van der Waals surface area contributed by atoms with Gasteiger partial charge in [0, 0.05) is 12.3 Å². The lowest BCUT2D eigenvalue weighted by Gasteiger charge is -2.02. The van der Waals surface area contributed by atoms with Gasteiger partial charge in [0.25, 0.3) is 0 Å². The summed E-state index contributed by atoms with van der Waals surface area (Å²) in [6.45, 7) is 0.647. The second-order valence-corrected chi connectivity index (χ2v) is 3.72. The van der Waals surface area contributed by atoms with Gasteiger partial charge in [0.2, 0.25) is 0 Å². The third-order valence-electron chi connectivity index (χ3n) is 1.76. The van der Waals surface area contributed by atoms with Crippen LogP contribution in [-0.4, -0.2) is 17.3 Å². The van der Waals surface area contributed by atoms with Crippen LogP contribution in [0.4, 0.5) is 8.78 Å². The van der Waals surface area contributed by atoms with Crippen LogP contribution in [0.25, 0.3) is 0 Å². The number of benzene rings is 1. The summed E-state index contributed by atoms with van der Waals surface area (Å²) in [7, 11) is 0. The number of halogens is 2. The molecule has 1 aliphatic rings. The van der Waals surface area contributed by atoms with Gasteiger partial charge in [0.15, 0.2) is 0 Å². The number of hydrogen-bond acceptors (Lipinski definition) is 2. The van der Waals surface area contributed by atoms with E-state index in [9.17, 15) is 8.78 Å². The molecular weight excluding hydrogens is 192 g/mol. The Labute approximate surface area is 78.9 Å². The predicted molar refractivity (Wildman–Crippen MR) is 50.2 cm³/mol. The lowest BCUT2D eigenvalue weighted by atomic mass is 10.2. The molecule has 1 nitrogen and oxygen atoms in total. The molecule has 0 spiro atoms. The lowest BCUT2D eigenvalue weighted by molar-refractivity contribution is 0.580. The van der Waals surface area contributed by atoms with Crippen LogP contribution in [0.2, 0.25) is 0 Å². The van der Waals surface area contributed by atoms with Crippen molar-refractivity contribution in [3.05, 3.63) is 35.4 Å². The second-order valence-electron chi connectivity index (χ2n) is 2.63. The normalized spacial score (nSPS) is 16.0. The van der Waals surface area contributed by atoms with Crippen LogP contribution in [0.3, 0.4) is 0 Å². The van der Waals surface area contributed by atoms with E-state index in [1.807, 2.05) is 0 Å². The van der Waals surface area contributed by atoms with Crippen LogP contribution in [0.15, 0.2) is 23.2 Å². The SMILES string of the molecule is Fc1cccc(F)c1C1=NCCS1. The molecule has 0 saturated heterocycles. The maximum Gasteiger partial charge on any atom is 0.136 e. The third kappa shape index (κ3) is 1.58. The van der Waals surface area contributed by atoms with Crippen molar-refractivity contribution in [1.82, 2.24) is 0 Å². The molecule has 0 N–H and O–H groups in total. The van der Waals surface area contributed by atoms with Gasteiger partial charge in [0.05, 0.1) is 5.56 Å².